The number of nitrogens with one attached hydrogen (secondary N) is 1. The summed E-state index contributed by atoms with van der Waals surface area (Å²) in [6, 6.07) is 2.40. The first-order valence-corrected chi connectivity index (χ1v) is 6.21. The van der Waals surface area contributed by atoms with E-state index in [1.165, 1.54) is 23.2 Å². The van der Waals surface area contributed by atoms with E-state index < -0.39 is 6.04 Å². The largest absolute Gasteiger partial charge is 0.347 e. The Hall–Kier alpha value is -2.11. The molecule has 1 N–H and O–H groups in total. The second-order valence-electron chi connectivity index (χ2n) is 4.83. The SMILES string of the molecule is CN(C)C(=O)C1CCCN1C(=O)c1ccc(=O)[nH]c1. The summed E-state index contributed by atoms with van der Waals surface area (Å²) in [6.45, 7) is 0.572. The van der Waals surface area contributed by atoms with Crippen LogP contribution < -0.4 is 5.56 Å². The molecule has 1 aliphatic rings. The molecule has 6 heteroatoms. The van der Waals surface area contributed by atoms with Crippen LogP contribution in [0.2, 0.25) is 0 Å². The van der Waals surface area contributed by atoms with Gasteiger partial charge in [-0.2, -0.15) is 0 Å². The maximum atomic E-state index is 12.3. The number of aromatic nitrogens is 1. The Labute approximate surface area is 111 Å². The zero-order valence-corrected chi connectivity index (χ0v) is 11.0. The summed E-state index contributed by atoms with van der Waals surface area (Å²) in [5.74, 6) is -0.274. The van der Waals surface area contributed by atoms with E-state index in [4.69, 9.17) is 0 Å². The van der Waals surface area contributed by atoms with Gasteiger partial charge in [0.25, 0.3) is 5.91 Å². The number of hydrogen-bond donors (Lipinski definition) is 1. The summed E-state index contributed by atoms with van der Waals surface area (Å²) in [5.41, 5.74) is 0.150. The quantitative estimate of drug-likeness (QED) is 0.820. The number of carbonyl (C=O) groups excluding carboxylic acids is 2. The number of likely N-dealkylation sites (N-methyl/N-ethyl adjacent to an activating group) is 1. The van der Waals surface area contributed by atoms with Gasteiger partial charge < -0.3 is 14.8 Å². The molecule has 0 aliphatic carbocycles. The van der Waals surface area contributed by atoms with Crippen molar-refractivity contribution in [2.24, 2.45) is 0 Å². The van der Waals surface area contributed by atoms with Crippen molar-refractivity contribution in [3.05, 3.63) is 34.2 Å². The second-order valence-corrected chi connectivity index (χ2v) is 4.83. The minimum Gasteiger partial charge on any atom is -0.347 e. The van der Waals surface area contributed by atoms with Gasteiger partial charge in [0.05, 0.1) is 5.56 Å². The fourth-order valence-electron chi connectivity index (χ4n) is 2.27. The van der Waals surface area contributed by atoms with Gasteiger partial charge in [-0.25, -0.2) is 0 Å². The van der Waals surface area contributed by atoms with E-state index in [-0.39, 0.29) is 17.4 Å². The first-order valence-electron chi connectivity index (χ1n) is 6.21. The highest BCUT2D eigenvalue weighted by Crippen LogP contribution is 2.20. The van der Waals surface area contributed by atoms with Crippen LogP contribution in [-0.4, -0.2) is 53.3 Å². The summed E-state index contributed by atoms with van der Waals surface area (Å²) in [7, 11) is 3.37. The number of rotatable bonds is 2. The highest BCUT2D eigenvalue weighted by Gasteiger charge is 2.35. The lowest BCUT2D eigenvalue weighted by atomic mass is 10.2. The molecule has 102 valence electrons. The van der Waals surface area contributed by atoms with Gasteiger partial charge in [-0.15, -0.1) is 0 Å². The zero-order chi connectivity index (χ0) is 14.0. The van der Waals surface area contributed by atoms with E-state index in [2.05, 4.69) is 4.98 Å². The summed E-state index contributed by atoms with van der Waals surface area (Å²) in [5, 5.41) is 0. The molecule has 1 atom stereocenters. The number of H-pyrrole nitrogens is 1. The lowest BCUT2D eigenvalue weighted by Gasteiger charge is -2.26. The van der Waals surface area contributed by atoms with Crippen molar-refractivity contribution in [3.63, 3.8) is 0 Å². The maximum absolute atomic E-state index is 12.3. The Morgan fingerprint density at radius 3 is 2.68 bits per heavy atom. The molecule has 0 aromatic carbocycles. The van der Waals surface area contributed by atoms with Gasteiger partial charge in [-0.1, -0.05) is 0 Å². The van der Waals surface area contributed by atoms with Crippen LogP contribution in [0.25, 0.3) is 0 Å². The minimum atomic E-state index is -0.394. The molecule has 1 saturated heterocycles. The van der Waals surface area contributed by atoms with Gasteiger partial charge in [0, 0.05) is 32.9 Å². The molecule has 1 fully saturated rings. The smallest absolute Gasteiger partial charge is 0.256 e. The molecular weight excluding hydrogens is 246 g/mol. The fraction of sp³-hybridized carbons (Fsp3) is 0.462. The standard InChI is InChI=1S/C13H17N3O3/c1-15(2)13(19)10-4-3-7-16(10)12(18)9-5-6-11(17)14-8-9/h5-6,8,10H,3-4,7H2,1-2H3,(H,14,17). The van der Waals surface area contributed by atoms with E-state index in [9.17, 15) is 14.4 Å². The predicted octanol–water partition coefficient (Wildman–Crippen LogP) is 0.0677. The van der Waals surface area contributed by atoms with Crippen molar-refractivity contribution in [3.8, 4) is 0 Å². The van der Waals surface area contributed by atoms with Crippen LogP contribution in [0, 0.1) is 0 Å². The Morgan fingerprint density at radius 2 is 2.11 bits per heavy atom. The van der Waals surface area contributed by atoms with Crippen LogP contribution in [0.4, 0.5) is 0 Å². The number of nitrogens with zero attached hydrogens (tertiary/aromatic N) is 2. The lowest BCUT2D eigenvalue weighted by molar-refractivity contribution is -0.132. The third-order valence-electron chi connectivity index (χ3n) is 3.27. The topological polar surface area (TPSA) is 73.5 Å². The van der Waals surface area contributed by atoms with Gasteiger partial charge >= 0.3 is 0 Å². The van der Waals surface area contributed by atoms with E-state index in [0.717, 1.165) is 6.42 Å². The Bertz CT molecular complexity index is 530. The molecular formula is C13H17N3O3. The van der Waals surface area contributed by atoms with Gasteiger partial charge in [-0.3, -0.25) is 14.4 Å². The van der Waals surface area contributed by atoms with E-state index >= 15 is 0 Å². The van der Waals surface area contributed by atoms with Gasteiger partial charge in [0.15, 0.2) is 0 Å². The molecule has 1 aromatic heterocycles. The number of amides is 2. The molecule has 1 aromatic rings. The van der Waals surface area contributed by atoms with Crippen molar-refractivity contribution in [1.82, 2.24) is 14.8 Å². The summed E-state index contributed by atoms with van der Waals surface area (Å²) >= 11 is 0. The normalized spacial score (nSPS) is 18.4. The zero-order valence-electron chi connectivity index (χ0n) is 11.0. The average Bonchev–Trinajstić information content (AvgIpc) is 2.86. The van der Waals surface area contributed by atoms with Crippen LogP contribution in [0.5, 0.6) is 0 Å². The van der Waals surface area contributed by atoms with Crippen molar-refractivity contribution in [2.75, 3.05) is 20.6 Å². The number of pyridine rings is 1. The average molecular weight is 263 g/mol. The Kier molecular flexibility index (Phi) is 3.69. The summed E-state index contributed by atoms with van der Waals surface area (Å²) in [4.78, 5) is 40.9. The number of hydrogen-bond acceptors (Lipinski definition) is 3. The highest BCUT2D eigenvalue weighted by molar-refractivity contribution is 5.97. The van der Waals surface area contributed by atoms with Crippen molar-refractivity contribution >= 4 is 11.8 Å². The second kappa shape index (κ2) is 5.26. The molecule has 2 rings (SSSR count). The molecule has 0 saturated carbocycles. The van der Waals surface area contributed by atoms with Crippen molar-refractivity contribution in [1.29, 1.82) is 0 Å². The molecule has 0 radical (unpaired) electrons. The molecule has 2 heterocycles. The molecule has 6 nitrogen and oxygen atoms in total. The fourth-order valence-corrected chi connectivity index (χ4v) is 2.27. The molecule has 1 aliphatic heterocycles. The Morgan fingerprint density at radius 1 is 1.37 bits per heavy atom. The number of likely N-dealkylation sites (tertiary alicyclic amines) is 1. The minimum absolute atomic E-state index is 0.0599. The van der Waals surface area contributed by atoms with Crippen LogP contribution in [0.1, 0.15) is 23.2 Å². The molecule has 0 spiro atoms. The number of aromatic amines is 1. The van der Waals surface area contributed by atoms with E-state index in [0.29, 0.717) is 18.5 Å². The van der Waals surface area contributed by atoms with Crippen molar-refractivity contribution in [2.45, 2.75) is 18.9 Å². The highest BCUT2D eigenvalue weighted by atomic mass is 16.2. The first kappa shape index (κ1) is 13.3. The predicted molar refractivity (Wildman–Crippen MR) is 69.8 cm³/mol. The molecule has 2 amide bonds. The van der Waals surface area contributed by atoms with Crippen LogP contribution >= 0.6 is 0 Å². The molecule has 0 bridgehead atoms. The molecule has 1 unspecified atom stereocenters. The van der Waals surface area contributed by atoms with E-state index in [1.54, 1.807) is 19.0 Å². The first-order chi connectivity index (χ1) is 9.00. The van der Waals surface area contributed by atoms with Crippen molar-refractivity contribution < 1.29 is 9.59 Å². The van der Waals surface area contributed by atoms with Gasteiger partial charge in [-0.05, 0) is 18.9 Å². The summed E-state index contributed by atoms with van der Waals surface area (Å²) in [6.07, 6.45) is 2.89. The lowest BCUT2D eigenvalue weighted by Crippen LogP contribution is -2.45. The number of carbonyl (C=O) groups is 2. The third kappa shape index (κ3) is 2.67. The van der Waals surface area contributed by atoms with Crippen LogP contribution in [-0.2, 0) is 4.79 Å². The monoisotopic (exact) mass is 263 g/mol. The molecule has 19 heavy (non-hydrogen) atoms. The van der Waals surface area contributed by atoms with Crippen LogP contribution in [0.3, 0.4) is 0 Å². The van der Waals surface area contributed by atoms with Gasteiger partial charge in [0.2, 0.25) is 11.5 Å². The van der Waals surface area contributed by atoms with E-state index in [1.807, 2.05) is 0 Å². The van der Waals surface area contributed by atoms with Crippen LogP contribution in [0.15, 0.2) is 23.1 Å². The third-order valence-corrected chi connectivity index (χ3v) is 3.27. The maximum Gasteiger partial charge on any atom is 0.256 e. The Balaban J connectivity index is 2.20. The van der Waals surface area contributed by atoms with Gasteiger partial charge in [0.1, 0.15) is 6.04 Å². The summed E-state index contributed by atoms with van der Waals surface area (Å²) < 4.78 is 0.